The van der Waals surface area contributed by atoms with Gasteiger partial charge in [0.2, 0.25) is 0 Å². The number of ether oxygens (including phenoxy) is 1. The summed E-state index contributed by atoms with van der Waals surface area (Å²) in [5.74, 6) is 0.492. The minimum Gasteiger partial charge on any atom is -0.490 e. The number of fused-ring (bicyclic) bond motifs is 1. The van der Waals surface area contributed by atoms with E-state index < -0.39 is 10.8 Å². The van der Waals surface area contributed by atoms with Gasteiger partial charge in [0.15, 0.2) is 0 Å². The van der Waals surface area contributed by atoms with Gasteiger partial charge in [-0.25, -0.2) is 0 Å². The average molecular weight is 489 g/mol. The predicted molar refractivity (Wildman–Crippen MR) is 140 cm³/mol. The van der Waals surface area contributed by atoms with E-state index in [1.54, 1.807) is 12.3 Å². The molecule has 1 amide bonds. The third kappa shape index (κ3) is 5.38. The molecule has 3 aromatic rings. The Labute approximate surface area is 207 Å². The van der Waals surface area contributed by atoms with Gasteiger partial charge in [0.1, 0.15) is 12.4 Å². The van der Waals surface area contributed by atoms with Crippen molar-refractivity contribution in [1.82, 2.24) is 5.32 Å². The maximum atomic E-state index is 12.8. The Morgan fingerprint density at radius 3 is 2.71 bits per heavy atom. The summed E-state index contributed by atoms with van der Waals surface area (Å²) in [5.41, 5.74) is 11.2. The van der Waals surface area contributed by atoms with Crippen molar-refractivity contribution in [2.24, 2.45) is 4.99 Å². The Morgan fingerprint density at radius 2 is 1.97 bits per heavy atom. The molecule has 0 aromatic heterocycles. The van der Waals surface area contributed by atoms with Crippen LogP contribution in [0.3, 0.4) is 0 Å². The molecule has 3 aromatic carbocycles. The molecule has 35 heavy (non-hydrogen) atoms. The van der Waals surface area contributed by atoms with Gasteiger partial charge >= 0.3 is 0 Å². The lowest BCUT2D eigenvalue weighted by atomic mass is 10.1. The van der Waals surface area contributed by atoms with Gasteiger partial charge in [0.05, 0.1) is 18.3 Å². The van der Waals surface area contributed by atoms with Gasteiger partial charge in [-0.15, -0.1) is 0 Å². The first-order chi connectivity index (χ1) is 17.0. The third-order valence-corrected chi connectivity index (χ3v) is 7.08. The molecule has 1 saturated carbocycles. The molecule has 8 heteroatoms. The fraction of sp³-hybridized carbons (Fsp3) is 0.259. The number of carbonyl (C=O) groups is 1. The Kier molecular flexibility index (Phi) is 6.55. The van der Waals surface area contributed by atoms with E-state index in [4.69, 9.17) is 10.5 Å². The van der Waals surface area contributed by atoms with E-state index in [0.29, 0.717) is 42.7 Å². The Hall–Kier alpha value is -3.65. The van der Waals surface area contributed by atoms with E-state index in [2.05, 4.69) is 21.3 Å². The minimum absolute atomic E-state index is 0.178. The first-order valence-corrected chi connectivity index (χ1v) is 13.2. The van der Waals surface area contributed by atoms with Crippen LogP contribution in [0.1, 0.15) is 34.3 Å². The van der Waals surface area contributed by atoms with E-state index in [1.807, 2.05) is 54.7 Å². The Morgan fingerprint density at radius 1 is 1.17 bits per heavy atom. The number of aliphatic imine (C=N–C) groups is 1. The maximum absolute atomic E-state index is 12.8. The van der Waals surface area contributed by atoms with Crippen molar-refractivity contribution >= 4 is 40.0 Å². The van der Waals surface area contributed by atoms with Crippen molar-refractivity contribution in [3.05, 3.63) is 77.4 Å². The van der Waals surface area contributed by atoms with Crippen molar-refractivity contribution in [3.63, 3.8) is 0 Å². The van der Waals surface area contributed by atoms with Crippen LogP contribution < -0.4 is 20.7 Å². The monoisotopic (exact) mass is 488 g/mol. The summed E-state index contributed by atoms with van der Waals surface area (Å²) in [6.07, 6.45) is 5.82. The fourth-order valence-electron chi connectivity index (χ4n) is 3.96. The lowest BCUT2D eigenvalue weighted by Gasteiger charge is -2.32. The molecular weight excluding hydrogens is 460 g/mol. The molecule has 0 saturated heterocycles. The van der Waals surface area contributed by atoms with Crippen LogP contribution in [-0.2, 0) is 17.3 Å². The van der Waals surface area contributed by atoms with Gasteiger partial charge in [0.25, 0.3) is 5.91 Å². The van der Waals surface area contributed by atoms with Gasteiger partial charge in [0, 0.05) is 57.2 Å². The molecule has 1 unspecified atom stereocenters. The number of hydrogen-bond acceptors (Lipinski definition) is 6. The molecule has 1 atom stereocenters. The SMILES string of the molecule is CS(=O)c1ccc(CNC(=O)c2ccc3c(c2)OCCN3c2ccc(N)c(C=NC3CC3)c2)cc1. The molecule has 0 bridgehead atoms. The predicted octanol–water partition coefficient (Wildman–Crippen LogP) is 4.05. The quantitative estimate of drug-likeness (QED) is 0.386. The fourth-order valence-corrected chi connectivity index (χ4v) is 4.48. The number of carbonyl (C=O) groups excluding carboxylic acids is 1. The van der Waals surface area contributed by atoms with Crippen LogP contribution in [0.15, 0.2) is 70.6 Å². The summed E-state index contributed by atoms with van der Waals surface area (Å²) in [6.45, 7) is 1.59. The van der Waals surface area contributed by atoms with Crippen LogP contribution in [0, 0.1) is 0 Å². The number of amides is 1. The highest BCUT2D eigenvalue weighted by molar-refractivity contribution is 7.84. The smallest absolute Gasteiger partial charge is 0.251 e. The number of anilines is 3. The van der Waals surface area contributed by atoms with Crippen molar-refractivity contribution in [2.75, 3.05) is 30.0 Å². The van der Waals surface area contributed by atoms with E-state index in [0.717, 1.165) is 40.2 Å². The van der Waals surface area contributed by atoms with Crippen molar-refractivity contribution < 1.29 is 13.7 Å². The summed E-state index contributed by atoms with van der Waals surface area (Å²) < 4.78 is 17.4. The molecule has 0 spiro atoms. The van der Waals surface area contributed by atoms with Crippen molar-refractivity contribution in [1.29, 1.82) is 0 Å². The number of nitrogens with one attached hydrogen (secondary N) is 1. The zero-order chi connectivity index (χ0) is 24.4. The first-order valence-electron chi connectivity index (χ1n) is 11.7. The normalized spacial score (nSPS) is 16.0. The summed E-state index contributed by atoms with van der Waals surface area (Å²) >= 11 is 0. The first kappa shape index (κ1) is 23.1. The Bertz CT molecular complexity index is 1300. The summed E-state index contributed by atoms with van der Waals surface area (Å²) in [7, 11) is -1.02. The molecule has 5 rings (SSSR count). The van der Waals surface area contributed by atoms with Gasteiger partial charge in [-0.3, -0.25) is 14.0 Å². The number of rotatable bonds is 7. The molecule has 3 N–H and O–H groups in total. The van der Waals surface area contributed by atoms with E-state index >= 15 is 0 Å². The van der Waals surface area contributed by atoms with Crippen LogP contribution in [0.5, 0.6) is 5.75 Å². The van der Waals surface area contributed by atoms with Gasteiger partial charge in [-0.1, -0.05) is 12.1 Å². The maximum Gasteiger partial charge on any atom is 0.251 e. The average Bonchev–Trinajstić information content (AvgIpc) is 3.71. The molecule has 2 aliphatic rings. The lowest BCUT2D eigenvalue weighted by Crippen LogP contribution is -2.29. The highest BCUT2D eigenvalue weighted by Gasteiger charge is 2.22. The number of nitrogens with two attached hydrogens (primary N) is 1. The van der Waals surface area contributed by atoms with Crippen LogP contribution in [0.25, 0.3) is 0 Å². The molecule has 7 nitrogen and oxygen atoms in total. The van der Waals surface area contributed by atoms with Crippen molar-refractivity contribution in [2.45, 2.75) is 30.3 Å². The number of hydrogen-bond donors (Lipinski definition) is 2. The standard InChI is InChI=1S/C27H28N4O3S/c1-35(33)23-8-2-18(3-9-23)16-30-27(32)19-4-11-25-26(15-19)34-13-12-31(25)22-7-10-24(28)20(14-22)17-29-21-5-6-21/h2-4,7-11,14-15,17,21H,5-6,12-13,16,28H2,1H3,(H,30,32). The highest BCUT2D eigenvalue weighted by Crippen LogP contribution is 2.38. The third-order valence-electron chi connectivity index (χ3n) is 6.15. The number of nitrogen functional groups attached to an aromatic ring is 1. The summed E-state index contributed by atoms with van der Waals surface area (Å²) in [5, 5.41) is 2.94. The molecule has 1 fully saturated rings. The van der Waals surface area contributed by atoms with Gasteiger partial charge in [-0.05, 0) is 66.9 Å². The topological polar surface area (TPSA) is 97.0 Å². The second kappa shape index (κ2) is 9.92. The van der Waals surface area contributed by atoms with Gasteiger partial charge in [-0.2, -0.15) is 0 Å². The molecular formula is C27H28N4O3S. The van der Waals surface area contributed by atoms with Gasteiger partial charge < -0.3 is 20.7 Å². The van der Waals surface area contributed by atoms with E-state index in [-0.39, 0.29) is 5.91 Å². The van der Waals surface area contributed by atoms with E-state index in [1.165, 1.54) is 0 Å². The van der Waals surface area contributed by atoms with Crippen LogP contribution in [-0.4, -0.2) is 41.8 Å². The zero-order valence-corrected chi connectivity index (χ0v) is 20.4. The van der Waals surface area contributed by atoms with Crippen LogP contribution in [0.4, 0.5) is 17.1 Å². The van der Waals surface area contributed by atoms with E-state index in [9.17, 15) is 9.00 Å². The second-order valence-electron chi connectivity index (χ2n) is 8.79. The summed E-state index contributed by atoms with van der Waals surface area (Å²) in [4.78, 5) is 20.3. The highest BCUT2D eigenvalue weighted by atomic mass is 32.2. The summed E-state index contributed by atoms with van der Waals surface area (Å²) in [6, 6.07) is 19.3. The number of benzene rings is 3. The molecule has 180 valence electrons. The number of nitrogens with zero attached hydrogens (tertiary/aromatic N) is 2. The largest absolute Gasteiger partial charge is 0.490 e. The lowest BCUT2D eigenvalue weighted by molar-refractivity contribution is 0.0950. The molecule has 1 aliphatic carbocycles. The molecule has 0 radical (unpaired) electrons. The van der Waals surface area contributed by atoms with Crippen LogP contribution in [0.2, 0.25) is 0 Å². The second-order valence-corrected chi connectivity index (χ2v) is 10.2. The van der Waals surface area contributed by atoms with Crippen LogP contribution >= 0.6 is 0 Å². The minimum atomic E-state index is -1.02. The Balaban J connectivity index is 1.30. The zero-order valence-electron chi connectivity index (χ0n) is 19.6. The molecule has 1 aliphatic heterocycles. The van der Waals surface area contributed by atoms with Crippen molar-refractivity contribution in [3.8, 4) is 5.75 Å². The molecule has 1 heterocycles.